The minimum absolute atomic E-state index is 0. The summed E-state index contributed by atoms with van der Waals surface area (Å²) in [5.41, 5.74) is 12.5. The summed E-state index contributed by atoms with van der Waals surface area (Å²) in [5, 5.41) is 0. The van der Waals surface area contributed by atoms with Crippen molar-refractivity contribution in [3.63, 3.8) is 0 Å². The predicted octanol–water partition coefficient (Wildman–Crippen LogP) is 7.83. The molecule has 340 valence electrons. The van der Waals surface area contributed by atoms with Crippen molar-refractivity contribution in [3.8, 4) is 22.3 Å². The van der Waals surface area contributed by atoms with Crippen molar-refractivity contribution in [1.82, 2.24) is 6.61 Å². The van der Waals surface area contributed by atoms with Crippen LogP contribution in [-0.4, -0.2) is 25.1 Å². The van der Waals surface area contributed by atoms with Gasteiger partial charge in [-0.15, -0.1) is 0 Å². The molecule has 0 unspecified atom stereocenters. The van der Waals surface area contributed by atoms with E-state index in [1.165, 1.54) is 175 Å². The number of hydrogen-bond donors (Lipinski definition) is 2. The van der Waals surface area contributed by atoms with Gasteiger partial charge in [0.05, 0.1) is 0 Å². The quantitative estimate of drug-likeness (QED) is 0.0387. The number of benzene rings is 4. The van der Waals surface area contributed by atoms with Crippen molar-refractivity contribution in [1.29, 1.82) is 0 Å². The Morgan fingerprint density at radius 1 is 0.387 bits per heavy atom. The van der Waals surface area contributed by atoms with E-state index in [4.69, 9.17) is 0 Å². The summed E-state index contributed by atoms with van der Waals surface area (Å²) in [4.78, 5) is 0. The molecule has 4 aromatic rings. The molecule has 2 aliphatic carbocycles. The van der Waals surface area contributed by atoms with Crippen LogP contribution in [0.4, 0.5) is 0 Å². The standard InChI is InChI=1S/2C13H9.2C12H26N.2C2H7Si.2ClH.2Hf/c2*1-3-7-12-10(5-1)9-11-6-2-4-8-13(11)12;2*1-2-3-4-5-6-7-8-9-10-11-12-13;2*1-3-2;;;;/h2*1-5,7-8H,9H2;2*13H,2-12H2,1H3;2*3H,1-2H3;2*1H;;/q;;2*-1;;;;;2*+2/p-2. The van der Waals surface area contributed by atoms with Crippen LogP contribution in [0.5, 0.6) is 0 Å². The third-order valence-corrected chi connectivity index (χ3v) is 60.8. The van der Waals surface area contributed by atoms with Crippen molar-refractivity contribution in [2.75, 3.05) is 13.1 Å². The van der Waals surface area contributed by atoms with Crippen molar-refractivity contribution in [3.05, 3.63) is 107 Å². The van der Waals surface area contributed by atoms with Crippen LogP contribution in [0.25, 0.3) is 22.3 Å². The third kappa shape index (κ3) is 17.7. The molecular weight excluding hydrogens is 1160 g/mol. The second-order valence-electron chi connectivity index (χ2n) is 18.7. The van der Waals surface area contributed by atoms with E-state index in [1.807, 2.05) is 0 Å². The molecule has 0 saturated heterocycles. The Hall–Kier alpha value is -0.446. The van der Waals surface area contributed by atoms with Crippen molar-refractivity contribution in [2.24, 2.45) is 0 Å². The van der Waals surface area contributed by atoms with E-state index in [0.29, 0.717) is 0 Å². The average molecular weight is 1250 g/mol. The molecule has 0 amide bonds. The van der Waals surface area contributed by atoms with Gasteiger partial charge in [0.1, 0.15) is 0 Å². The number of nitrogens with one attached hydrogen (secondary N) is 2. The molecule has 0 aliphatic heterocycles. The normalized spacial score (nSPS) is 11.9. The van der Waals surface area contributed by atoms with Crippen LogP contribution in [0, 0.1) is 0 Å². The van der Waals surface area contributed by atoms with E-state index in [2.05, 4.69) is 132 Å². The van der Waals surface area contributed by atoms with E-state index in [0.717, 1.165) is 12.8 Å². The van der Waals surface area contributed by atoms with Gasteiger partial charge in [-0.3, -0.25) is 0 Å². The zero-order valence-corrected chi connectivity index (χ0v) is 51.0. The Kier molecular flexibility index (Phi) is 29.1. The zero-order valence-electron chi connectivity index (χ0n) is 40.0. The molecule has 0 aromatic heterocycles. The molecule has 4 aromatic carbocycles. The van der Waals surface area contributed by atoms with Gasteiger partial charge in [-0.25, -0.2) is 0 Å². The minimum Gasteiger partial charge on any atom is -1.00 e. The second-order valence-corrected chi connectivity index (χ2v) is 70.0. The van der Waals surface area contributed by atoms with E-state index < -0.39 is 53.8 Å². The largest absolute Gasteiger partial charge is 1.00 e. The molecule has 6 rings (SSSR count). The first-order valence-corrected chi connectivity index (χ1v) is 50.5. The Balaban J connectivity index is 0.000000320. The second kappa shape index (κ2) is 32.3. The molecule has 0 radical (unpaired) electrons. The van der Waals surface area contributed by atoms with E-state index in [1.54, 1.807) is 17.8 Å². The van der Waals surface area contributed by atoms with Crippen molar-refractivity contribution in [2.45, 2.75) is 181 Å². The Bertz CT molecular complexity index is 1690. The maximum absolute atomic E-state index is 4.19. The van der Waals surface area contributed by atoms with E-state index >= 15 is 0 Å². The summed E-state index contributed by atoms with van der Waals surface area (Å²) in [6, 6.07) is 32.5. The molecule has 8 heteroatoms. The fourth-order valence-corrected chi connectivity index (χ4v) is 51.3. The smallest absolute Gasteiger partial charge is 1.00 e. The number of halogens is 2. The fraction of sp³-hybridized carbons (Fsp3) is 0.556. The summed E-state index contributed by atoms with van der Waals surface area (Å²) in [6.07, 6.45) is 30.9. The maximum Gasteiger partial charge on any atom is -1.00 e. The first kappa shape index (κ1) is 55.9. The molecule has 0 atom stereocenters. The summed E-state index contributed by atoms with van der Waals surface area (Å²) in [7, 11) is 0. The Morgan fingerprint density at radius 3 is 1.03 bits per heavy atom. The van der Waals surface area contributed by atoms with Gasteiger partial charge < -0.3 is 24.8 Å². The van der Waals surface area contributed by atoms with Crippen molar-refractivity contribution >= 4 is 18.6 Å². The molecule has 0 spiro atoms. The van der Waals surface area contributed by atoms with E-state index in [9.17, 15) is 0 Å². The third-order valence-electron chi connectivity index (χ3n) is 13.1. The van der Waals surface area contributed by atoms with Gasteiger partial charge in [0, 0.05) is 0 Å². The zero-order chi connectivity index (χ0) is 42.4. The van der Waals surface area contributed by atoms with Crippen LogP contribution in [0.3, 0.4) is 0 Å². The van der Waals surface area contributed by atoms with Crippen molar-refractivity contribution < 1.29 is 66.6 Å². The topological polar surface area (TPSA) is 24.1 Å². The SMILES string of the molecule is CCCCCCCCCCCC[NH][Hf+]([c]1cccc2c1Cc1ccccc1-2)[SiH](C)C.CCCCCCCCCCCC[NH][Hf+]([c]1cccc2c1Cc1ccccc1-2)[SiH](C)C.[Cl-].[Cl-]. The van der Waals surface area contributed by atoms with Crippen LogP contribution in [0.2, 0.25) is 26.2 Å². The summed E-state index contributed by atoms with van der Waals surface area (Å²) >= 11 is -3.80. The van der Waals surface area contributed by atoms with Crippen LogP contribution in [-0.2, 0) is 54.6 Å². The van der Waals surface area contributed by atoms with Crippen LogP contribution in [0.1, 0.15) is 165 Å². The summed E-state index contributed by atoms with van der Waals surface area (Å²) < 4.78 is 12.0. The molecule has 2 aliphatic rings. The van der Waals surface area contributed by atoms with Gasteiger partial charge in [0.2, 0.25) is 0 Å². The average Bonchev–Trinajstić information content (AvgIpc) is 3.84. The molecule has 0 fully saturated rings. The summed E-state index contributed by atoms with van der Waals surface area (Å²) in [5.74, 6) is -1.25. The first-order chi connectivity index (χ1) is 29.4. The Labute approximate surface area is 411 Å². The number of hydrogen-bond acceptors (Lipinski definition) is 2. The molecule has 0 heterocycles. The number of fused-ring (bicyclic) bond motifs is 6. The van der Waals surface area contributed by atoms with Gasteiger partial charge in [-0.1, -0.05) is 13.8 Å². The number of unbranched alkanes of at least 4 members (excludes halogenated alkanes) is 18. The molecule has 2 N–H and O–H groups in total. The molecule has 0 bridgehead atoms. The van der Waals surface area contributed by atoms with E-state index in [-0.39, 0.29) is 24.8 Å². The maximum atomic E-state index is 4.19. The monoisotopic (exact) mass is 1250 g/mol. The molecule has 2 nitrogen and oxygen atoms in total. The Morgan fingerprint density at radius 2 is 0.694 bits per heavy atom. The summed E-state index contributed by atoms with van der Waals surface area (Å²) in [6.45, 7) is 17.5. The van der Waals surface area contributed by atoms with Gasteiger partial charge in [-0.05, 0) is 0 Å². The van der Waals surface area contributed by atoms with Crippen LogP contribution < -0.4 is 38.1 Å². The van der Waals surface area contributed by atoms with Gasteiger partial charge >= 0.3 is 377 Å². The minimum atomic E-state index is -1.90. The van der Waals surface area contributed by atoms with Crippen LogP contribution in [0.15, 0.2) is 84.9 Å². The van der Waals surface area contributed by atoms with Gasteiger partial charge in [-0.2, -0.15) is 0 Å². The molecular formula is C54H84Cl2Hf2N2Si2. The van der Waals surface area contributed by atoms with Gasteiger partial charge in [0.15, 0.2) is 0 Å². The predicted molar refractivity (Wildman–Crippen MR) is 266 cm³/mol. The van der Waals surface area contributed by atoms with Crippen LogP contribution >= 0.6 is 0 Å². The van der Waals surface area contributed by atoms with Gasteiger partial charge in [0.25, 0.3) is 0 Å². The fourth-order valence-electron chi connectivity index (χ4n) is 9.71. The molecule has 62 heavy (non-hydrogen) atoms. The first-order valence-electron chi connectivity index (χ1n) is 25.1. The molecule has 0 saturated carbocycles. The number of rotatable bonds is 28.